The summed E-state index contributed by atoms with van der Waals surface area (Å²) in [4.78, 5) is 23.6. The van der Waals surface area contributed by atoms with Gasteiger partial charge in [0.25, 0.3) is 0 Å². The third kappa shape index (κ3) is 14.1. The lowest BCUT2D eigenvalue weighted by Gasteiger charge is -2.34. The zero-order valence-corrected chi connectivity index (χ0v) is 22.0. The van der Waals surface area contributed by atoms with E-state index in [9.17, 15) is 9.59 Å². The Labute approximate surface area is 190 Å². The topological polar surface area (TPSA) is 73.9 Å². The van der Waals surface area contributed by atoms with Crippen LogP contribution in [0.5, 0.6) is 0 Å². The van der Waals surface area contributed by atoms with Crippen LogP contribution in [0.4, 0.5) is 4.79 Å². The zero-order valence-electron chi connectivity index (χ0n) is 20.0. The summed E-state index contributed by atoms with van der Waals surface area (Å²) in [5, 5.41) is 2.82. The van der Waals surface area contributed by atoms with Crippen molar-refractivity contribution in [3.8, 4) is 0 Å². The van der Waals surface area contributed by atoms with Gasteiger partial charge in [-0.3, -0.25) is 4.79 Å². The standard InChI is InChI=1S/C23H41NO5Si2/c1-6-7-17-27-22(25)15-11-18-30(2,3)29-31(4,5)19-12-16-24-23(26)28-20-21-13-9-8-10-14-21/h8-10,13-14H,6-7,11-12,15-20H2,1-5H3,(H,24,26). The summed E-state index contributed by atoms with van der Waals surface area (Å²) in [6.45, 7) is 12.4. The number of benzene rings is 1. The molecule has 31 heavy (non-hydrogen) atoms. The van der Waals surface area contributed by atoms with Crippen LogP contribution in [0.2, 0.25) is 38.3 Å². The molecular formula is C23H41NO5Si2. The van der Waals surface area contributed by atoms with E-state index in [0.717, 1.165) is 43.3 Å². The fourth-order valence-corrected chi connectivity index (χ4v) is 12.2. The number of hydrogen-bond donors (Lipinski definition) is 1. The van der Waals surface area contributed by atoms with Gasteiger partial charge in [-0.15, -0.1) is 0 Å². The second-order valence-electron chi connectivity index (χ2n) is 9.14. The molecule has 0 atom stereocenters. The SMILES string of the molecule is CCCCOC(=O)CCC[Si](C)(C)O[Si](C)(C)CCCNC(=O)OCc1ccccc1. The maximum absolute atomic E-state index is 11.8. The number of rotatable bonds is 15. The van der Waals surface area contributed by atoms with Crippen molar-refractivity contribution in [1.82, 2.24) is 5.32 Å². The highest BCUT2D eigenvalue weighted by atomic mass is 28.4. The second-order valence-corrected chi connectivity index (χ2v) is 18.0. The molecule has 176 valence electrons. The molecule has 0 bridgehead atoms. The Balaban J connectivity index is 2.20. The van der Waals surface area contributed by atoms with E-state index in [0.29, 0.717) is 19.6 Å². The molecule has 1 rings (SSSR count). The predicted molar refractivity (Wildman–Crippen MR) is 130 cm³/mol. The van der Waals surface area contributed by atoms with Crippen molar-refractivity contribution in [2.45, 2.75) is 83.9 Å². The summed E-state index contributed by atoms with van der Waals surface area (Å²) in [6.07, 6.45) is 3.74. The maximum atomic E-state index is 11.8. The summed E-state index contributed by atoms with van der Waals surface area (Å²) in [7, 11) is -3.67. The number of carbonyl (C=O) groups excluding carboxylic acids is 2. The minimum Gasteiger partial charge on any atom is -0.466 e. The Hall–Kier alpha value is -1.65. The second kappa shape index (κ2) is 14.4. The Kier molecular flexibility index (Phi) is 12.7. The van der Waals surface area contributed by atoms with E-state index >= 15 is 0 Å². The van der Waals surface area contributed by atoms with Crippen molar-refractivity contribution in [3.63, 3.8) is 0 Å². The molecule has 0 heterocycles. The molecule has 0 aromatic heterocycles. The van der Waals surface area contributed by atoms with E-state index in [2.05, 4.69) is 38.4 Å². The van der Waals surface area contributed by atoms with Crippen LogP contribution in [0.15, 0.2) is 30.3 Å². The molecule has 1 aromatic rings. The molecule has 1 amide bonds. The Morgan fingerprint density at radius 1 is 0.903 bits per heavy atom. The fraction of sp³-hybridized carbons (Fsp3) is 0.652. The quantitative estimate of drug-likeness (QED) is 0.199. The van der Waals surface area contributed by atoms with Gasteiger partial charge >= 0.3 is 12.1 Å². The predicted octanol–water partition coefficient (Wildman–Crippen LogP) is 5.85. The van der Waals surface area contributed by atoms with E-state index < -0.39 is 16.6 Å². The van der Waals surface area contributed by atoms with Crippen LogP contribution in [0.25, 0.3) is 0 Å². The van der Waals surface area contributed by atoms with Crippen LogP contribution in [0.3, 0.4) is 0 Å². The Morgan fingerprint density at radius 2 is 1.55 bits per heavy atom. The molecule has 6 nitrogen and oxygen atoms in total. The van der Waals surface area contributed by atoms with Gasteiger partial charge in [0.1, 0.15) is 6.61 Å². The molecule has 0 saturated carbocycles. The van der Waals surface area contributed by atoms with Crippen molar-refractivity contribution in [1.29, 1.82) is 0 Å². The number of amides is 1. The summed E-state index contributed by atoms with van der Waals surface area (Å²) in [6, 6.07) is 11.6. The molecule has 1 N–H and O–H groups in total. The van der Waals surface area contributed by atoms with Gasteiger partial charge in [-0.1, -0.05) is 43.7 Å². The van der Waals surface area contributed by atoms with Crippen LogP contribution in [-0.2, 0) is 25.0 Å². The molecule has 0 spiro atoms. The first-order valence-electron chi connectivity index (χ1n) is 11.4. The van der Waals surface area contributed by atoms with E-state index in [1.165, 1.54) is 0 Å². The van der Waals surface area contributed by atoms with Crippen LogP contribution in [0.1, 0.15) is 44.6 Å². The van der Waals surface area contributed by atoms with Gasteiger partial charge in [0, 0.05) is 13.0 Å². The summed E-state index contributed by atoms with van der Waals surface area (Å²) >= 11 is 0. The molecule has 8 heteroatoms. The van der Waals surface area contributed by atoms with Crippen molar-refractivity contribution in [3.05, 3.63) is 35.9 Å². The lowest BCUT2D eigenvalue weighted by atomic mass is 10.2. The van der Waals surface area contributed by atoms with Crippen molar-refractivity contribution in [2.75, 3.05) is 13.2 Å². The molecule has 0 aliphatic heterocycles. The highest BCUT2D eigenvalue weighted by Gasteiger charge is 2.32. The average Bonchev–Trinajstić information content (AvgIpc) is 2.69. The third-order valence-corrected chi connectivity index (χ3v) is 12.4. The first kappa shape index (κ1) is 27.4. The van der Waals surface area contributed by atoms with Gasteiger partial charge in [-0.2, -0.15) is 0 Å². The van der Waals surface area contributed by atoms with E-state index in [-0.39, 0.29) is 18.7 Å². The lowest BCUT2D eigenvalue weighted by molar-refractivity contribution is -0.143. The first-order chi connectivity index (χ1) is 14.6. The van der Waals surface area contributed by atoms with Crippen molar-refractivity contribution < 1.29 is 23.2 Å². The molecule has 0 saturated heterocycles. The highest BCUT2D eigenvalue weighted by Crippen LogP contribution is 2.24. The number of esters is 1. The third-order valence-electron chi connectivity index (χ3n) is 4.91. The highest BCUT2D eigenvalue weighted by molar-refractivity contribution is 6.84. The van der Waals surface area contributed by atoms with Gasteiger partial charge in [-0.25, -0.2) is 4.79 Å². The number of carbonyl (C=O) groups is 2. The summed E-state index contributed by atoms with van der Waals surface area (Å²) in [5.41, 5.74) is 0.973. The van der Waals surface area contributed by atoms with E-state index in [1.807, 2.05) is 30.3 Å². The van der Waals surface area contributed by atoms with E-state index in [4.69, 9.17) is 13.6 Å². The molecule has 0 unspecified atom stereocenters. The van der Waals surface area contributed by atoms with Crippen molar-refractivity contribution in [2.24, 2.45) is 0 Å². The minimum atomic E-state index is -1.83. The number of nitrogens with one attached hydrogen (secondary N) is 1. The lowest BCUT2D eigenvalue weighted by Crippen LogP contribution is -2.44. The monoisotopic (exact) mass is 467 g/mol. The largest absolute Gasteiger partial charge is 0.466 e. The average molecular weight is 468 g/mol. The number of alkyl carbamates (subject to hydrolysis) is 1. The van der Waals surface area contributed by atoms with Crippen LogP contribution in [0, 0.1) is 0 Å². The van der Waals surface area contributed by atoms with Gasteiger partial charge in [0.15, 0.2) is 16.6 Å². The molecule has 1 aromatic carbocycles. The zero-order chi connectivity index (χ0) is 23.2. The summed E-state index contributed by atoms with van der Waals surface area (Å²) < 4.78 is 17.1. The van der Waals surface area contributed by atoms with Crippen LogP contribution >= 0.6 is 0 Å². The number of ether oxygens (including phenoxy) is 2. The Morgan fingerprint density at radius 3 is 2.19 bits per heavy atom. The molecular weight excluding hydrogens is 426 g/mol. The molecule has 0 aliphatic rings. The normalized spacial score (nSPS) is 11.8. The van der Waals surface area contributed by atoms with Gasteiger partial charge in [-0.05, 0) is 63.1 Å². The maximum Gasteiger partial charge on any atom is 0.407 e. The van der Waals surface area contributed by atoms with E-state index in [1.54, 1.807) is 0 Å². The van der Waals surface area contributed by atoms with Crippen molar-refractivity contribution >= 4 is 28.7 Å². The summed E-state index contributed by atoms with van der Waals surface area (Å²) in [5.74, 6) is -0.0972. The minimum absolute atomic E-state index is 0.0972. The molecule has 0 aliphatic carbocycles. The molecule has 0 fully saturated rings. The van der Waals surface area contributed by atoms with Crippen LogP contribution in [-0.4, -0.2) is 41.8 Å². The smallest absolute Gasteiger partial charge is 0.407 e. The van der Waals surface area contributed by atoms with Gasteiger partial charge < -0.3 is 18.9 Å². The fourth-order valence-electron chi connectivity index (χ4n) is 3.39. The number of unbranched alkanes of at least 4 members (excludes halogenated alkanes) is 1. The van der Waals surface area contributed by atoms with Gasteiger partial charge in [0.2, 0.25) is 0 Å². The Bertz CT molecular complexity index is 653. The first-order valence-corrected chi connectivity index (χ1v) is 17.7. The van der Waals surface area contributed by atoms with Gasteiger partial charge in [0.05, 0.1) is 6.61 Å². The number of hydrogen-bond acceptors (Lipinski definition) is 5. The molecule has 0 radical (unpaired) electrons. The van der Waals surface area contributed by atoms with Crippen LogP contribution < -0.4 is 5.32 Å².